The zero-order chi connectivity index (χ0) is 13.5. The summed E-state index contributed by atoms with van der Waals surface area (Å²) in [5.41, 5.74) is 1.05. The van der Waals surface area contributed by atoms with E-state index in [1.807, 2.05) is 24.3 Å². The molecule has 1 aliphatic heterocycles. The van der Waals surface area contributed by atoms with E-state index in [0.29, 0.717) is 6.61 Å². The topological polar surface area (TPSA) is 35.5 Å². The van der Waals surface area contributed by atoms with Gasteiger partial charge in [-0.05, 0) is 52.4 Å². The first-order valence-corrected chi connectivity index (χ1v) is 7.23. The Kier molecular flexibility index (Phi) is 3.51. The van der Waals surface area contributed by atoms with Gasteiger partial charge in [0.05, 0.1) is 11.6 Å². The lowest BCUT2D eigenvalue weighted by atomic mass is 10.1. The van der Waals surface area contributed by atoms with Gasteiger partial charge in [0, 0.05) is 9.65 Å². The zero-order valence-corrected chi connectivity index (χ0v) is 12.7. The first kappa shape index (κ1) is 13.3. The highest BCUT2D eigenvalue weighted by molar-refractivity contribution is 14.1. The van der Waals surface area contributed by atoms with Gasteiger partial charge in [0.15, 0.2) is 5.78 Å². The van der Waals surface area contributed by atoms with Crippen molar-refractivity contribution < 1.29 is 14.3 Å². The molecule has 1 aliphatic carbocycles. The lowest BCUT2D eigenvalue weighted by Gasteiger charge is -2.23. The lowest BCUT2D eigenvalue weighted by Crippen LogP contribution is -2.28. The molecule has 0 unspecified atom stereocenters. The normalized spacial score (nSPS) is 29.9. The van der Waals surface area contributed by atoms with Crippen molar-refractivity contribution in [3.63, 3.8) is 0 Å². The van der Waals surface area contributed by atoms with Crippen LogP contribution in [-0.2, 0) is 14.3 Å². The zero-order valence-electron chi connectivity index (χ0n) is 9.81. The molecule has 0 bridgehead atoms. The fraction of sp³-hybridized carbons (Fsp3) is 0.214. The second-order valence-electron chi connectivity index (χ2n) is 4.38. The summed E-state index contributed by atoms with van der Waals surface area (Å²) in [6.45, 7) is 0.430. The van der Waals surface area contributed by atoms with Crippen molar-refractivity contribution in [3.05, 3.63) is 56.7 Å². The van der Waals surface area contributed by atoms with E-state index in [1.165, 1.54) is 15.7 Å². The van der Waals surface area contributed by atoms with E-state index >= 15 is 0 Å². The number of hydrogen-bond acceptors (Lipinski definition) is 3. The molecule has 19 heavy (non-hydrogen) atoms. The first-order chi connectivity index (χ1) is 9.08. The number of ether oxygens (including phenoxy) is 2. The van der Waals surface area contributed by atoms with Gasteiger partial charge in [-0.2, -0.15) is 0 Å². The monoisotopic (exact) mass is 388 g/mol. The SMILES string of the molecule is O=C1C=C[C@@]2(C=C1Cl)OC[C@@H](c1ccc(I)cc1)O2. The van der Waals surface area contributed by atoms with Crippen LogP contribution in [0.5, 0.6) is 0 Å². The molecule has 1 spiro atoms. The number of hydrogen-bond donors (Lipinski definition) is 0. The van der Waals surface area contributed by atoms with Gasteiger partial charge < -0.3 is 9.47 Å². The predicted octanol–water partition coefficient (Wildman–Crippen LogP) is 3.34. The Balaban J connectivity index is 1.83. The van der Waals surface area contributed by atoms with Crippen LogP contribution >= 0.6 is 34.2 Å². The molecule has 1 heterocycles. The molecule has 0 saturated carbocycles. The van der Waals surface area contributed by atoms with E-state index in [4.69, 9.17) is 21.1 Å². The van der Waals surface area contributed by atoms with Crippen LogP contribution in [-0.4, -0.2) is 18.2 Å². The van der Waals surface area contributed by atoms with Crippen LogP contribution in [0.15, 0.2) is 47.5 Å². The Morgan fingerprint density at radius 1 is 1.32 bits per heavy atom. The van der Waals surface area contributed by atoms with E-state index < -0.39 is 5.79 Å². The second kappa shape index (κ2) is 5.01. The molecule has 1 aromatic carbocycles. The van der Waals surface area contributed by atoms with Crippen LogP contribution in [0.4, 0.5) is 0 Å². The highest BCUT2D eigenvalue weighted by atomic mass is 127. The smallest absolute Gasteiger partial charge is 0.211 e. The number of allylic oxidation sites excluding steroid dienone is 2. The quantitative estimate of drug-likeness (QED) is 0.692. The summed E-state index contributed by atoms with van der Waals surface area (Å²) in [5.74, 6) is -1.23. The predicted molar refractivity (Wildman–Crippen MR) is 79.8 cm³/mol. The first-order valence-electron chi connectivity index (χ1n) is 5.77. The number of halogens is 2. The van der Waals surface area contributed by atoms with Crippen molar-refractivity contribution in [1.29, 1.82) is 0 Å². The molecule has 1 aromatic rings. The summed E-state index contributed by atoms with van der Waals surface area (Å²) in [6, 6.07) is 8.07. The van der Waals surface area contributed by atoms with Crippen LogP contribution in [0.25, 0.3) is 0 Å². The third-order valence-corrected chi connectivity index (χ3v) is 4.07. The molecule has 3 rings (SSSR count). The molecular weight excluding hydrogens is 379 g/mol. The van der Waals surface area contributed by atoms with Crippen molar-refractivity contribution in [2.75, 3.05) is 6.61 Å². The van der Waals surface area contributed by atoms with E-state index in [9.17, 15) is 4.79 Å². The van der Waals surface area contributed by atoms with Crippen molar-refractivity contribution >= 4 is 40.0 Å². The Bertz CT molecular complexity index is 579. The van der Waals surface area contributed by atoms with Crippen molar-refractivity contribution in [1.82, 2.24) is 0 Å². The maximum absolute atomic E-state index is 11.3. The maximum Gasteiger partial charge on any atom is 0.211 e. The van der Waals surface area contributed by atoms with E-state index in [-0.39, 0.29) is 16.9 Å². The molecule has 1 fully saturated rings. The number of ketones is 1. The molecule has 1 saturated heterocycles. The summed E-state index contributed by atoms with van der Waals surface area (Å²) in [6.07, 6.45) is 4.35. The van der Waals surface area contributed by atoms with Gasteiger partial charge in [-0.25, -0.2) is 0 Å². The summed E-state index contributed by atoms with van der Waals surface area (Å²) < 4.78 is 12.8. The van der Waals surface area contributed by atoms with Crippen LogP contribution in [0.2, 0.25) is 0 Å². The van der Waals surface area contributed by atoms with Crippen LogP contribution in [0.3, 0.4) is 0 Å². The number of carbonyl (C=O) groups is 1. The Hall–Kier alpha value is -0.690. The van der Waals surface area contributed by atoms with Crippen LogP contribution < -0.4 is 0 Å². The second-order valence-corrected chi connectivity index (χ2v) is 6.03. The van der Waals surface area contributed by atoms with E-state index in [2.05, 4.69) is 22.6 Å². The summed E-state index contributed by atoms with van der Waals surface area (Å²) in [4.78, 5) is 11.3. The minimum absolute atomic E-state index is 0.130. The Morgan fingerprint density at radius 3 is 2.74 bits per heavy atom. The average Bonchev–Trinajstić information content (AvgIpc) is 2.80. The largest absolute Gasteiger partial charge is 0.340 e. The van der Waals surface area contributed by atoms with Crippen molar-refractivity contribution in [3.8, 4) is 0 Å². The molecule has 98 valence electrons. The van der Waals surface area contributed by atoms with Gasteiger partial charge in [0.1, 0.15) is 6.10 Å². The fourth-order valence-electron chi connectivity index (χ4n) is 2.07. The minimum atomic E-state index is -1.00. The highest BCUT2D eigenvalue weighted by Crippen LogP contribution is 2.38. The van der Waals surface area contributed by atoms with Gasteiger partial charge in [0.2, 0.25) is 5.79 Å². The van der Waals surface area contributed by atoms with Crippen LogP contribution in [0, 0.1) is 3.57 Å². The summed E-state index contributed by atoms with van der Waals surface area (Å²) in [5, 5.41) is 0.130. The minimum Gasteiger partial charge on any atom is -0.340 e. The molecule has 0 aromatic heterocycles. The van der Waals surface area contributed by atoms with Gasteiger partial charge in [-0.1, -0.05) is 23.7 Å². The standard InChI is InChI=1S/C14H10ClIO3/c15-11-7-14(6-5-12(11)17)18-8-13(19-14)9-1-3-10(16)4-2-9/h1-7,13H,8H2/t13-,14+/m0/s1. The molecular formula is C14H10ClIO3. The Morgan fingerprint density at radius 2 is 2.05 bits per heavy atom. The molecule has 0 radical (unpaired) electrons. The van der Waals surface area contributed by atoms with Gasteiger partial charge in [-0.3, -0.25) is 4.79 Å². The third kappa shape index (κ3) is 2.63. The lowest BCUT2D eigenvalue weighted by molar-refractivity contribution is -0.114. The van der Waals surface area contributed by atoms with Gasteiger partial charge >= 0.3 is 0 Å². The van der Waals surface area contributed by atoms with E-state index in [0.717, 1.165) is 5.56 Å². The van der Waals surface area contributed by atoms with E-state index in [1.54, 1.807) is 6.08 Å². The third-order valence-electron chi connectivity index (χ3n) is 3.06. The Labute approximate surface area is 129 Å². The average molecular weight is 389 g/mol. The summed E-state index contributed by atoms with van der Waals surface area (Å²) >= 11 is 8.10. The summed E-state index contributed by atoms with van der Waals surface area (Å²) in [7, 11) is 0. The maximum atomic E-state index is 11.3. The highest BCUT2D eigenvalue weighted by Gasteiger charge is 2.40. The molecule has 0 N–H and O–H groups in total. The number of benzene rings is 1. The molecule has 5 heteroatoms. The number of rotatable bonds is 1. The molecule has 3 nitrogen and oxygen atoms in total. The van der Waals surface area contributed by atoms with Gasteiger partial charge in [0.25, 0.3) is 0 Å². The molecule has 0 amide bonds. The van der Waals surface area contributed by atoms with Crippen molar-refractivity contribution in [2.45, 2.75) is 11.9 Å². The van der Waals surface area contributed by atoms with Crippen LogP contribution in [0.1, 0.15) is 11.7 Å². The number of carbonyl (C=O) groups excluding carboxylic acids is 1. The van der Waals surface area contributed by atoms with Gasteiger partial charge in [-0.15, -0.1) is 0 Å². The van der Waals surface area contributed by atoms with Crippen molar-refractivity contribution in [2.24, 2.45) is 0 Å². The fourth-order valence-corrected chi connectivity index (χ4v) is 2.64. The molecule has 2 aliphatic rings. The molecule has 2 atom stereocenters.